The molecule has 5 nitrogen and oxygen atoms in total. The van der Waals surface area contributed by atoms with Crippen LogP contribution in [0, 0.1) is 5.92 Å². The number of thiophene rings is 1. The van der Waals surface area contributed by atoms with Crippen LogP contribution in [-0.4, -0.2) is 37.0 Å². The smallest absolute Gasteiger partial charge is 0.341 e. The zero-order valence-corrected chi connectivity index (χ0v) is 18.6. The zero-order valence-electron chi connectivity index (χ0n) is 17.8. The van der Waals surface area contributed by atoms with Gasteiger partial charge in [0.25, 0.3) is 5.91 Å². The molecule has 160 valence electrons. The number of amides is 1. The molecule has 1 saturated heterocycles. The number of likely N-dealkylation sites (tertiary alicyclic amines) is 1. The third kappa shape index (κ3) is 4.60. The maximum Gasteiger partial charge on any atom is 0.341 e. The van der Waals surface area contributed by atoms with Crippen molar-refractivity contribution in [2.75, 3.05) is 25.5 Å². The number of fused-ring (bicyclic) bond motifs is 1. The summed E-state index contributed by atoms with van der Waals surface area (Å²) < 4.78 is 5.00. The lowest BCUT2D eigenvalue weighted by Crippen LogP contribution is -2.33. The molecule has 6 heteroatoms. The molecular weight excluding hydrogens is 396 g/mol. The molecule has 0 saturated carbocycles. The number of carbonyl (C=O) groups is 2. The van der Waals surface area contributed by atoms with Gasteiger partial charge in [-0.25, -0.2) is 4.79 Å². The summed E-state index contributed by atoms with van der Waals surface area (Å²) in [5, 5.41) is 3.59. The number of rotatable bonds is 5. The molecule has 1 aromatic carbocycles. The number of nitrogens with zero attached hydrogens (tertiary/aromatic N) is 1. The fourth-order valence-corrected chi connectivity index (χ4v) is 5.87. The minimum atomic E-state index is -0.365. The van der Waals surface area contributed by atoms with Crippen LogP contribution >= 0.6 is 11.3 Å². The standard InChI is InChI=1S/C24H30N2O3S/c1-16-6-5-13-26(14-16)15-17-9-11-18(12-10-17)22(27)25-23-21(24(28)29-2)19-7-3-4-8-20(19)30-23/h9-12,16H,3-8,13-15H2,1-2H3,(H,25,27). The molecule has 1 aliphatic heterocycles. The summed E-state index contributed by atoms with van der Waals surface area (Å²) in [5.74, 6) is 0.206. The van der Waals surface area contributed by atoms with Crippen LogP contribution in [0.4, 0.5) is 5.00 Å². The van der Waals surface area contributed by atoms with Crippen LogP contribution in [0.5, 0.6) is 0 Å². The highest BCUT2D eigenvalue weighted by molar-refractivity contribution is 7.17. The summed E-state index contributed by atoms with van der Waals surface area (Å²) in [5.41, 5.74) is 3.43. The van der Waals surface area contributed by atoms with Crippen LogP contribution in [-0.2, 0) is 24.1 Å². The number of hydrogen-bond acceptors (Lipinski definition) is 5. The van der Waals surface area contributed by atoms with Gasteiger partial charge in [-0.15, -0.1) is 11.3 Å². The Morgan fingerprint density at radius 3 is 2.67 bits per heavy atom. The van der Waals surface area contributed by atoms with E-state index in [0.717, 1.165) is 56.8 Å². The van der Waals surface area contributed by atoms with Crippen molar-refractivity contribution in [1.29, 1.82) is 0 Å². The molecule has 0 radical (unpaired) electrons. The first-order valence-corrected chi connectivity index (χ1v) is 11.7. The maximum absolute atomic E-state index is 12.9. The van der Waals surface area contributed by atoms with E-state index in [9.17, 15) is 9.59 Å². The van der Waals surface area contributed by atoms with Crippen molar-refractivity contribution in [2.45, 2.75) is 52.0 Å². The lowest BCUT2D eigenvalue weighted by atomic mass is 9.95. The highest BCUT2D eigenvalue weighted by Gasteiger charge is 2.27. The van der Waals surface area contributed by atoms with E-state index in [1.807, 2.05) is 24.3 Å². The van der Waals surface area contributed by atoms with E-state index in [-0.39, 0.29) is 11.9 Å². The van der Waals surface area contributed by atoms with E-state index in [2.05, 4.69) is 17.1 Å². The number of benzene rings is 1. The predicted molar refractivity (Wildman–Crippen MR) is 120 cm³/mol. The molecule has 1 N–H and O–H groups in total. The average molecular weight is 427 g/mol. The molecule has 4 rings (SSSR count). The Bertz CT molecular complexity index is 919. The largest absolute Gasteiger partial charge is 0.465 e. The van der Waals surface area contributed by atoms with E-state index >= 15 is 0 Å². The molecule has 2 aromatic rings. The van der Waals surface area contributed by atoms with Crippen LogP contribution in [0.15, 0.2) is 24.3 Å². The number of anilines is 1. The third-order valence-corrected chi connectivity index (χ3v) is 7.36. The topological polar surface area (TPSA) is 58.6 Å². The minimum Gasteiger partial charge on any atom is -0.465 e. The molecule has 1 aliphatic carbocycles. The molecule has 1 atom stereocenters. The Labute approximate surface area is 182 Å². The van der Waals surface area contributed by atoms with Crippen LogP contribution in [0.1, 0.15) is 69.3 Å². The highest BCUT2D eigenvalue weighted by Crippen LogP contribution is 2.38. The summed E-state index contributed by atoms with van der Waals surface area (Å²) in [6.45, 7) is 5.52. The molecule has 1 fully saturated rings. The molecule has 1 amide bonds. The van der Waals surface area contributed by atoms with Crippen LogP contribution in [0.2, 0.25) is 0 Å². The molecule has 2 heterocycles. The van der Waals surface area contributed by atoms with Gasteiger partial charge in [-0.2, -0.15) is 0 Å². The molecular formula is C24H30N2O3S. The highest BCUT2D eigenvalue weighted by atomic mass is 32.1. The molecule has 1 unspecified atom stereocenters. The first kappa shape index (κ1) is 21.1. The first-order valence-electron chi connectivity index (χ1n) is 10.9. The fraction of sp³-hybridized carbons (Fsp3) is 0.500. The van der Waals surface area contributed by atoms with Crippen molar-refractivity contribution in [3.63, 3.8) is 0 Å². The molecule has 1 aromatic heterocycles. The molecule has 0 spiro atoms. The number of piperidine rings is 1. The summed E-state index contributed by atoms with van der Waals surface area (Å²) >= 11 is 1.52. The number of carbonyl (C=O) groups excluding carboxylic acids is 2. The summed E-state index contributed by atoms with van der Waals surface area (Å²) in [4.78, 5) is 28.9. The van der Waals surface area contributed by atoms with Crippen molar-refractivity contribution in [1.82, 2.24) is 4.90 Å². The Hall–Kier alpha value is -2.18. The number of esters is 1. The van der Waals surface area contributed by atoms with Crippen molar-refractivity contribution in [3.05, 3.63) is 51.4 Å². The van der Waals surface area contributed by atoms with Gasteiger partial charge in [0.2, 0.25) is 0 Å². The van der Waals surface area contributed by atoms with Gasteiger partial charge in [-0.05, 0) is 74.2 Å². The van der Waals surface area contributed by atoms with Gasteiger partial charge in [-0.1, -0.05) is 19.1 Å². The van der Waals surface area contributed by atoms with Crippen molar-refractivity contribution >= 4 is 28.2 Å². The van der Waals surface area contributed by atoms with E-state index in [1.54, 1.807) is 0 Å². The fourth-order valence-electron chi connectivity index (χ4n) is 4.60. The second-order valence-electron chi connectivity index (χ2n) is 8.54. The van der Waals surface area contributed by atoms with Gasteiger partial charge in [0.05, 0.1) is 12.7 Å². The van der Waals surface area contributed by atoms with Gasteiger partial charge in [0.1, 0.15) is 5.00 Å². The zero-order chi connectivity index (χ0) is 21.1. The number of hydrogen-bond donors (Lipinski definition) is 1. The Balaban J connectivity index is 1.46. The summed E-state index contributed by atoms with van der Waals surface area (Å²) in [6, 6.07) is 7.83. The second kappa shape index (κ2) is 9.31. The average Bonchev–Trinajstić information content (AvgIpc) is 3.11. The molecule has 0 bridgehead atoms. The number of aryl methyl sites for hydroxylation is 1. The van der Waals surface area contributed by atoms with Crippen molar-refractivity contribution in [3.8, 4) is 0 Å². The van der Waals surface area contributed by atoms with Crippen LogP contribution in [0.25, 0.3) is 0 Å². The van der Waals surface area contributed by atoms with Crippen LogP contribution in [0.3, 0.4) is 0 Å². The normalized spacial score (nSPS) is 19.2. The van der Waals surface area contributed by atoms with Gasteiger partial charge >= 0.3 is 5.97 Å². The quantitative estimate of drug-likeness (QED) is 0.691. The number of nitrogens with one attached hydrogen (secondary N) is 1. The molecule has 30 heavy (non-hydrogen) atoms. The van der Waals surface area contributed by atoms with Crippen LogP contribution < -0.4 is 5.32 Å². The maximum atomic E-state index is 12.9. The van der Waals surface area contributed by atoms with Gasteiger partial charge in [0.15, 0.2) is 0 Å². The third-order valence-electron chi connectivity index (χ3n) is 6.15. The van der Waals surface area contributed by atoms with E-state index in [1.165, 1.54) is 41.7 Å². The lowest BCUT2D eigenvalue weighted by molar-refractivity contribution is 0.0601. The SMILES string of the molecule is COC(=O)c1c(NC(=O)c2ccc(CN3CCCC(C)C3)cc2)sc2c1CCCC2. The molecule has 2 aliphatic rings. The monoisotopic (exact) mass is 426 g/mol. The van der Waals surface area contributed by atoms with Gasteiger partial charge in [-0.3, -0.25) is 9.69 Å². The first-order chi connectivity index (χ1) is 14.5. The van der Waals surface area contributed by atoms with E-state index < -0.39 is 0 Å². The van der Waals surface area contributed by atoms with E-state index in [0.29, 0.717) is 16.1 Å². The van der Waals surface area contributed by atoms with Crippen molar-refractivity contribution in [2.24, 2.45) is 5.92 Å². The van der Waals surface area contributed by atoms with E-state index in [4.69, 9.17) is 4.74 Å². The van der Waals surface area contributed by atoms with Crippen molar-refractivity contribution < 1.29 is 14.3 Å². The van der Waals surface area contributed by atoms with Gasteiger partial charge < -0.3 is 10.1 Å². The van der Waals surface area contributed by atoms with Gasteiger partial charge in [0, 0.05) is 23.5 Å². The second-order valence-corrected chi connectivity index (χ2v) is 9.65. The predicted octanol–water partition coefficient (Wildman–Crippen LogP) is 4.90. The number of methoxy groups -OCH3 is 1. The summed E-state index contributed by atoms with van der Waals surface area (Å²) in [7, 11) is 1.39. The minimum absolute atomic E-state index is 0.183. The number of ether oxygens (including phenoxy) is 1. The summed E-state index contributed by atoms with van der Waals surface area (Å²) in [6.07, 6.45) is 6.60. The Morgan fingerprint density at radius 1 is 1.17 bits per heavy atom. The lowest BCUT2D eigenvalue weighted by Gasteiger charge is -2.30. The Morgan fingerprint density at radius 2 is 1.93 bits per heavy atom. The Kier molecular flexibility index (Phi) is 6.54.